The first-order chi connectivity index (χ1) is 9.97. The minimum absolute atomic E-state index is 0.278. The number of nitrogens with zero attached hydrogens (tertiary/aromatic N) is 2. The van der Waals surface area contributed by atoms with Gasteiger partial charge >= 0.3 is 0 Å². The number of aryl methyl sites for hydroxylation is 2. The lowest BCUT2D eigenvalue weighted by molar-refractivity contribution is 0.0912. The van der Waals surface area contributed by atoms with E-state index in [1.807, 2.05) is 36.7 Å². The number of aliphatic hydroxyl groups excluding tert-OH is 1. The summed E-state index contributed by atoms with van der Waals surface area (Å²) in [5, 5.41) is 10.2. The third kappa shape index (κ3) is 4.08. The summed E-state index contributed by atoms with van der Waals surface area (Å²) in [5.41, 5.74) is 2.24. The fourth-order valence-corrected chi connectivity index (χ4v) is 2.30. The van der Waals surface area contributed by atoms with E-state index in [-0.39, 0.29) is 6.61 Å². The molecular formula is C17H24N2O2. The summed E-state index contributed by atoms with van der Waals surface area (Å²) in [6.45, 7) is 9.01. The Morgan fingerprint density at radius 2 is 2.05 bits per heavy atom. The van der Waals surface area contributed by atoms with Crippen molar-refractivity contribution in [3.8, 4) is 5.75 Å². The second kappa shape index (κ2) is 6.76. The van der Waals surface area contributed by atoms with Gasteiger partial charge in [0.15, 0.2) is 0 Å². The van der Waals surface area contributed by atoms with Crippen LogP contribution >= 0.6 is 0 Å². The molecule has 1 atom stereocenters. The molecule has 114 valence electrons. The molecule has 2 rings (SSSR count). The first-order valence-electron chi connectivity index (χ1n) is 7.36. The highest BCUT2D eigenvalue weighted by Gasteiger charge is 2.12. The van der Waals surface area contributed by atoms with Gasteiger partial charge in [-0.05, 0) is 31.0 Å². The quantitative estimate of drug-likeness (QED) is 0.888. The minimum atomic E-state index is -0.559. The van der Waals surface area contributed by atoms with Crippen LogP contribution in [-0.2, 0) is 6.54 Å². The highest BCUT2D eigenvalue weighted by atomic mass is 16.5. The third-order valence-corrected chi connectivity index (χ3v) is 3.45. The number of benzene rings is 1. The SMILES string of the molecule is Cc1ccc(C)c(OCC(O)Cn2ccnc2C(C)C)c1. The number of rotatable bonds is 6. The number of ether oxygens (including phenoxy) is 1. The van der Waals surface area contributed by atoms with Crippen LogP contribution in [0.3, 0.4) is 0 Å². The van der Waals surface area contributed by atoms with Crippen LogP contribution in [0.15, 0.2) is 30.6 Å². The van der Waals surface area contributed by atoms with Crippen LogP contribution in [0.1, 0.15) is 36.7 Å². The van der Waals surface area contributed by atoms with Crippen LogP contribution in [0.4, 0.5) is 0 Å². The number of hydrogen-bond donors (Lipinski definition) is 1. The van der Waals surface area contributed by atoms with E-state index in [1.165, 1.54) is 0 Å². The second-order valence-corrected chi connectivity index (χ2v) is 5.83. The molecule has 0 saturated heterocycles. The zero-order valence-corrected chi connectivity index (χ0v) is 13.2. The highest BCUT2D eigenvalue weighted by Crippen LogP contribution is 2.19. The van der Waals surface area contributed by atoms with Crippen LogP contribution in [0.2, 0.25) is 0 Å². The molecule has 4 heteroatoms. The van der Waals surface area contributed by atoms with Gasteiger partial charge in [0.1, 0.15) is 24.3 Å². The first-order valence-corrected chi connectivity index (χ1v) is 7.36. The summed E-state index contributed by atoms with van der Waals surface area (Å²) < 4.78 is 7.73. The van der Waals surface area contributed by atoms with E-state index in [2.05, 4.69) is 24.9 Å². The molecule has 0 saturated carbocycles. The molecule has 0 radical (unpaired) electrons. The Hall–Kier alpha value is -1.81. The molecule has 4 nitrogen and oxygen atoms in total. The molecule has 0 spiro atoms. The summed E-state index contributed by atoms with van der Waals surface area (Å²) in [5.74, 6) is 2.16. The smallest absolute Gasteiger partial charge is 0.122 e. The van der Waals surface area contributed by atoms with Gasteiger partial charge in [-0.25, -0.2) is 4.98 Å². The average molecular weight is 288 g/mol. The van der Waals surface area contributed by atoms with Crippen LogP contribution in [0.5, 0.6) is 5.75 Å². The van der Waals surface area contributed by atoms with E-state index in [9.17, 15) is 5.11 Å². The lowest BCUT2D eigenvalue weighted by Gasteiger charge is -2.17. The zero-order chi connectivity index (χ0) is 15.4. The summed E-state index contributed by atoms with van der Waals surface area (Å²) in [6, 6.07) is 6.08. The van der Waals surface area contributed by atoms with Crippen molar-refractivity contribution in [1.29, 1.82) is 0 Å². The lowest BCUT2D eigenvalue weighted by Crippen LogP contribution is -2.24. The predicted molar refractivity (Wildman–Crippen MR) is 83.7 cm³/mol. The maximum atomic E-state index is 10.2. The Morgan fingerprint density at radius 1 is 1.29 bits per heavy atom. The Kier molecular flexibility index (Phi) is 5.02. The molecule has 0 aliphatic rings. The summed E-state index contributed by atoms with van der Waals surface area (Å²) in [4.78, 5) is 4.32. The van der Waals surface area contributed by atoms with Gasteiger partial charge in [0, 0.05) is 18.3 Å². The van der Waals surface area contributed by atoms with Gasteiger partial charge in [-0.15, -0.1) is 0 Å². The normalized spacial score (nSPS) is 12.7. The standard InChI is InChI=1S/C17H24N2O2/c1-12(2)17-18-7-8-19(17)10-15(20)11-21-16-9-13(3)5-6-14(16)4/h5-9,12,15,20H,10-11H2,1-4H3. The zero-order valence-electron chi connectivity index (χ0n) is 13.2. The number of imidazole rings is 1. The van der Waals surface area contributed by atoms with Gasteiger partial charge in [0.05, 0.1) is 6.54 Å². The highest BCUT2D eigenvalue weighted by molar-refractivity contribution is 5.35. The van der Waals surface area contributed by atoms with Gasteiger partial charge in [-0.2, -0.15) is 0 Å². The number of aliphatic hydroxyl groups is 1. The van der Waals surface area contributed by atoms with Crippen molar-refractivity contribution in [1.82, 2.24) is 9.55 Å². The van der Waals surface area contributed by atoms with Crippen molar-refractivity contribution in [2.24, 2.45) is 0 Å². The summed E-state index contributed by atoms with van der Waals surface area (Å²) >= 11 is 0. The molecule has 0 amide bonds. The lowest BCUT2D eigenvalue weighted by atomic mass is 10.1. The van der Waals surface area contributed by atoms with Crippen LogP contribution in [-0.4, -0.2) is 27.4 Å². The third-order valence-electron chi connectivity index (χ3n) is 3.45. The van der Waals surface area contributed by atoms with E-state index < -0.39 is 6.10 Å². The molecule has 1 heterocycles. The number of hydrogen-bond acceptors (Lipinski definition) is 3. The first kappa shape index (κ1) is 15.6. The fourth-order valence-electron chi connectivity index (χ4n) is 2.30. The topological polar surface area (TPSA) is 47.3 Å². The van der Waals surface area contributed by atoms with Crippen LogP contribution < -0.4 is 4.74 Å². The van der Waals surface area contributed by atoms with Crippen molar-refractivity contribution in [2.75, 3.05) is 6.61 Å². The minimum Gasteiger partial charge on any atom is -0.491 e. The molecule has 1 unspecified atom stereocenters. The molecule has 1 aromatic heterocycles. The van der Waals surface area contributed by atoms with Gasteiger partial charge in [-0.1, -0.05) is 26.0 Å². The molecule has 0 aliphatic carbocycles. The van der Waals surface area contributed by atoms with Gasteiger partial charge in [0.25, 0.3) is 0 Å². The second-order valence-electron chi connectivity index (χ2n) is 5.83. The Bertz CT molecular complexity index is 590. The van der Waals surface area contributed by atoms with Crippen LogP contribution in [0.25, 0.3) is 0 Å². The Balaban J connectivity index is 1.94. The van der Waals surface area contributed by atoms with Crippen molar-refractivity contribution in [3.05, 3.63) is 47.5 Å². The van der Waals surface area contributed by atoms with Crippen molar-refractivity contribution in [2.45, 2.75) is 46.3 Å². The van der Waals surface area contributed by atoms with Gasteiger partial charge in [0.2, 0.25) is 0 Å². The van der Waals surface area contributed by atoms with Gasteiger partial charge < -0.3 is 14.4 Å². The summed E-state index contributed by atoms with van der Waals surface area (Å²) in [6.07, 6.45) is 3.11. The average Bonchev–Trinajstić information content (AvgIpc) is 2.88. The van der Waals surface area contributed by atoms with E-state index in [4.69, 9.17) is 4.74 Å². The van der Waals surface area contributed by atoms with E-state index in [0.717, 1.165) is 22.7 Å². The Labute approximate surface area is 126 Å². The molecule has 1 aromatic carbocycles. The monoisotopic (exact) mass is 288 g/mol. The molecule has 21 heavy (non-hydrogen) atoms. The summed E-state index contributed by atoms with van der Waals surface area (Å²) in [7, 11) is 0. The van der Waals surface area contributed by atoms with Crippen LogP contribution in [0, 0.1) is 13.8 Å². The molecule has 0 fully saturated rings. The largest absolute Gasteiger partial charge is 0.491 e. The maximum Gasteiger partial charge on any atom is 0.122 e. The molecule has 0 bridgehead atoms. The Morgan fingerprint density at radius 3 is 2.76 bits per heavy atom. The van der Waals surface area contributed by atoms with E-state index in [0.29, 0.717) is 12.5 Å². The van der Waals surface area contributed by atoms with Crippen molar-refractivity contribution >= 4 is 0 Å². The van der Waals surface area contributed by atoms with Crippen molar-refractivity contribution < 1.29 is 9.84 Å². The maximum absolute atomic E-state index is 10.2. The molecular weight excluding hydrogens is 264 g/mol. The molecule has 0 aliphatic heterocycles. The van der Waals surface area contributed by atoms with Crippen molar-refractivity contribution in [3.63, 3.8) is 0 Å². The van der Waals surface area contributed by atoms with Gasteiger partial charge in [-0.3, -0.25) is 0 Å². The predicted octanol–water partition coefficient (Wildman–Crippen LogP) is 3.06. The van der Waals surface area contributed by atoms with E-state index in [1.54, 1.807) is 6.20 Å². The fraction of sp³-hybridized carbons (Fsp3) is 0.471. The van der Waals surface area contributed by atoms with E-state index >= 15 is 0 Å². The molecule has 1 N–H and O–H groups in total. The number of aromatic nitrogens is 2. The molecule has 2 aromatic rings.